The summed E-state index contributed by atoms with van der Waals surface area (Å²) in [4.78, 5) is 26.4. The third-order valence-corrected chi connectivity index (χ3v) is 5.86. The number of carboxylic acid groups (broad SMARTS) is 1. The number of aliphatic carboxylic acids is 1. The molecule has 0 aromatic heterocycles. The number of hydrogen-bond acceptors (Lipinski definition) is 3. The number of rotatable bonds is 3. The molecular weight excluding hydrogens is 364 g/mol. The van der Waals surface area contributed by atoms with Crippen LogP contribution in [0.15, 0.2) is 48.5 Å². The van der Waals surface area contributed by atoms with E-state index in [4.69, 9.17) is 11.6 Å². The fourth-order valence-corrected chi connectivity index (χ4v) is 4.44. The van der Waals surface area contributed by atoms with Gasteiger partial charge in [0.05, 0.1) is 5.92 Å². The smallest absolute Gasteiger partial charge is 0.306 e. The van der Waals surface area contributed by atoms with Gasteiger partial charge < -0.3 is 10.4 Å². The molecule has 2 heterocycles. The van der Waals surface area contributed by atoms with Crippen LogP contribution in [-0.4, -0.2) is 41.0 Å². The van der Waals surface area contributed by atoms with Gasteiger partial charge in [0.25, 0.3) is 0 Å². The molecule has 0 unspecified atom stereocenters. The number of carboxylic acids is 1. The Balaban J connectivity index is 1.73. The molecule has 2 N–H and O–H groups in total. The molecule has 27 heavy (non-hydrogen) atoms. The highest BCUT2D eigenvalue weighted by Crippen LogP contribution is 2.41. The number of carbonyl (C=O) groups excluding carboxylic acids is 1. The molecular formula is C21H21ClN2O3. The zero-order valence-electron chi connectivity index (χ0n) is 14.8. The van der Waals surface area contributed by atoms with E-state index < -0.39 is 5.97 Å². The molecule has 0 saturated carbocycles. The Morgan fingerprint density at radius 1 is 1.11 bits per heavy atom. The largest absolute Gasteiger partial charge is 0.481 e. The van der Waals surface area contributed by atoms with Crippen LogP contribution in [0, 0.1) is 5.92 Å². The average molecular weight is 385 g/mol. The third kappa shape index (κ3) is 3.45. The van der Waals surface area contributed by atoms with E-state index in [2.05, 4.69) is 10.2 Å². The molecule has 0 aliphatic carbocycles. The van der Waals surface area contributed by atoms with Crippen molar-refractivity contribution in [3.63, 3.8) is 0 Å². The normalized spacial score (nSPS) is 23.5. The van der Waals surface area contributed by atoms with Crippen LogP contribution in [0.5, 0.6) is 0 Å². The molecule has 5 nitrogen and oxygen atoms in total. The highest BCUT2D eigenvalue weighted by molar-refractivity contribution is 6.30. The van der Waals surface area contributed by atoms with E-state index in [1.54, 1.807) is 6.07 Å². The number of fused-ring (bicyclic) bond motifs is 1. The zero-order valence-corrected chi connectivity index (χ0v) is 15.5. The van der Waals surface area contributed by atoms with Gasteiger partial charge >= 0.3 is 5.97 Å². The second-order valence-corrected chi connectivity index (χ2v) is 7.64. The molecule has 4 rings (SSSR count). The van der Waals surface area contributed by atoms with Crippen LogP contribution in [-0.2, 0) is 9.59 Å². The molecule has 2 aromatic carbocycles. The number of piperidine rings is 1. The summed E-state index contributed by atoms with van der Waals surface area (Å²) >= 11 is 6.26. The maximum absolute atomic E-state index is 13.0. The number of likely N-dealkylation sites (tertiary alicyclic amines) is 1. The molecule has 1 amide bonds. The van der Waals surface area contributed by atoms with Gasteiger partial charge in [0.15, 0.2) is 0 Å². The maximum atomic E-state index is 13.0. The highest BCUT2D eigenvalue weighted by atomic mass is 35.5. The minimum absolute atomic E-state index is 0.0487. The second kappa shape index (κ2) is 7.33. The van der Waals surface area contributed by atoms with Crippen molar-refractivity contribution >= 4 is 29.2 Å². The quantitative estimate of drug-likeness (QED) is 0.848. The molecule has 0 radical (unpaired) electrons. The van der Waals surface area contributed by atoms with Crippen LogP contribution < -0.4 is 5.32 Å². The van der Waals surface area contributed by atoms with Gasteiger partial charge in [0.2, 0.25) is 5.91 Å². The number of hydrogen-bond donors (Lipinski definition) is 2. The van der Waals surface area contributed by atoms with Gasteiger partial charge in [-0.05, 0) is 55.3 Å². The number of anilines is 1. The summed E-state index contributed by atoms with van der Waals surface area (Å²) in [5.74, 6) is -1.27. The van der Waals surface area contributed by atoms with E-state index in [1.165, 1.54) is 0 Å². The molecule has 0 spiro atoms. The van der Waals surface area contributed by atoms with E-state index >= 15 is 0 Å². The first-order valence-corrected chi connectivity index (χ1v) is 9.54. The predicted molar refractivity (Wildman–Crippen MR) is 104 cm³/mol. The first kappa shape index (κ1) is 18.0. The summed E-state index contributed by atoms with van der Waals surface area (Å²) in [5, 5.41) is 12.9. The van der Waals surface area contributed by atoms with E-state index in [1.807, 2.05) is 42.5 Å². The van der Waals surface area contributed by atoms with Gasteiger partial charge in [-0.25, -0.2) is 0 Å². The molecule has 2 aromatic rings. The van der Waals surface area contributed by atoms with Gasteiger partial charge in [-0.2, -0.15) is 0 Å². The van der Waals surface area contributed by atoms with Gasteiger partial charge in [0, 0.05) is 16.6 Å². The van der Waals surface area contributed by atoms with Gasteiger partial charge in [-0.1, -0.05) is 41.9 Å². The number of carbonyl (C=O) groups is 2. The van der Waals surface area contributed by atoms with Crippen molar-refractivity contribution < 1.29 is 14.7 Å². The SMILES string of the molecule is O=C(O)C1CCN([C@@H]2C(=O)Nc3ccc(Cl)cc3[C@@H]2c2ccccc2)CC1. The Bertz CT molecular complexity index is 863. The van der Waals surface area contributed by atoms with E-state index in [-0.39, 0.29) is 23.8 Å². The van der Waals surface area contributed by atoms with Crippen LogP contribution in [0.1, 0.15) is 29.9 Å². The summed E-state index contributed by atoms with van der Waals surface area (Å²) < 4.78 is 0. The van der Waals surface area contributed by atoms with Crippen LogP contribution in [0.25, 0.3) is 0 Å². The van der Waals surface area contributed by atoms with Crippen LogP contribution in [0.4, 0.5) is 5.69 Å². The first-order chi connectivity index (χ1) is 13.0. The van der Waals surface area contributed by atoms with Crippen molar-refractivity contribution in [3.05, 3.63) is 64.7 Å². The van der Waals surface area contributed by atoms with Gasteiger partial charge in [0.1, 0.15) is 6.04 Å². The van der Waals surface area contributed by atoms with Crippen LogP contribution >= 0.6 is 11.6 Å². The molecule has 1 fully saturated rings. The third-order valence-electron chi connectivity index (χ3n) is 5.62. The van der Waals surface area contributed by atoms with E-state index in [9.17, 15) is 14.7 Å². The molecule has 0 bridgehead atoms. The van der Waals surface area contributed by atoms with Gasteiger partial charge in [-0.15, -0.1) is 0 Å². The summed E-state index contributed by atoms with van der Waals surface area (Å²) in [6, 6.07) is 15.1. The number of nitrogens with one attached hydrogen (secondary N) is 1. The number of amides is 1. The summed E-state index contributed by atoms with van der Waals surface area (Å²) in [6.45, 7) is 1.18. The number of nitrogens with zero attached hydrogens (tertiary/aromatic N) is 1. The second-order valence-electron chi connectivity index (χ2n) is 7.20. The summed E-state index contributed by atoms with van der Waals surface area (Å²) in [7, 11) is 0. The molecule has 2 aliphatic rings. The fourth-order valence-electron chi connectivity index (χ4n) is 4.26. The molecule has 140 valence electrons. The lowest BCUT2D eigenvalue weighted by molar-refractivity contribution is -0.143. The topological polar surface area (TPSA) is 69.6 Å². The maximum Gasteiger partial charge on any atom is 0.306 e. The van der Waals surface area contributed by atoms with Crippen molar-refractivity contribution in [2.24, 2.45) is 5.92 Å². The summed E-state index contributed by atoms with van der Waals surface area (Å²) in [6.07, 6.45) is 1.12. The lowest BCUT2D eigenvalue weighted by atomic mass is 9.79. The minimum atomic E-state index is -0.750. The number of benzene rings is 2. The zero-order chi connectivity index (χ0) is 19.0. The van der Waals surface area contributed by atoms with E-state index in [0.717, 1.165) is 16.8 Å². The lowest BCUT2D eigenvalue weighted by Gasteiger charge is -2.42. The fraction of sp³-hybridized carbons (Fsp3) is 0.333. The number of halogens is 1. The van der Waals surface area contributed by atoms with Crippen molar-refractivity contribution in [1.29, 1.82) is 0 Å². The van der Waals surface area contributed by atoms with Crippen LogP contribution in [0.2, 0.25) is 5.02 Å². The standard InChI is InChI=1S/C21H21ClN2O3/c22-15-6-7-17-16(12-15)18(13-4-2-1-3-5-13)19(20(25)23-17)24-10-8-14(9-11-24)21(26)27/h1-7,12,14,18-19H,8-11H2,(H,23,25)(H,26,27)/t18-,19-/m0/s1. The van der Waals surface area contributed by atoms with Crippen molar-refractivity contribution in [1.82, 2.24) is 4.90 Å². The Kier molecular flexibility index (Phi) is 4.89. The predicted octanol–water partition coefficient (Wildman–Crippen LogP) is 3.59. The van der Waals surface area contributed by atoms with E-state index in [0.29, 0.717) is 31.0 Å². The Morgan fingerprint density at radius 2 is 1.81 bits per heavy atom. The summed E-state index contributed by atoms with van der Waals surface area (Å²) in [5.41, 5.74) is 2.84. The minimum Gasteiger partial charge on any atom is -0.481 e. The van der Waals surface area contributed by atoms with Crippen molar-refractivity contribution in [3.8, 4) is 0 Å². The first-order valence-electron chi connectivity index (χ1n) is 9.16. The van der Waals surface area contributed by atoms with Crippen LogP contribution in [0.3, 0.4) is 0 Å². The van der Waals surface area contributed by atoms with Gasteiger partial charge in [-0.3, -0.25) is 14.5 Å². The Morgan fingerprint density at radius 3 is 2.48 bits per heavy atom. The monoisotopic (exact) mass is 384 g/mol. The molecule has 2 aliphatic heterocycles. The molecule has 2 atom stereocenters. The lowest BCUT2D eigenvalue weighted by Crippen LogP contribution is -2.53. The average Bonchev–Trinajstić information content (AvgIpc) is 2.68. The van der Waals surface area contributed by atoms with Crippen molar-refractivity contribution in [2.75, 3.05) is 18.4 Å². The molecule has 1 saturated heterocycles. The molecule has 6 heteroatoms. The Labute approximate surface area is 162 Å². The van der Waals surface area contributed by atoms with Crippen molar-refractivity contribution in [2.45, 2.75) is 24.8 Å². The highest BCUT2D eigenvalue weighted by Gasteiger charge is 2.42. The Hall–Kier alpha value is -2.37.